The van der Waals surface area contributed by atoms with Crippen LogP contribution in [0.1, 0.15) is 32.1 Å². The first-order valence-electron chi connectivity index (χ1n) is 5.86. The molecule has 0 aliphatic heterocycles. The van der Waals surface area contributed by atoms with Crippen LogP contribution in [0.3, 0.4) is 0 Å². The van der Waals surface area contributed by atoms with Crippen LogP contribution < -0.4 is 10.9 Å². The van der Waals surface area contributed by atoms with E-state index in [1.807, 2.05) is 0 Å². The van der Waals surface area contributed by atoms with E-state index in [9.17, 15) is 9.90 Å². The average Bonchev–Trinajstić information content (AvgIpc) is 2.51. The van der Waals surface area contributed by atoms with Crippen molar-refractivity contribution in [2.75, 3.05) is 5.32 Å². The van der Waals surface area contributed by atoms with Gasteiger partial charge in [-0.15, -0.1) is 0 Å². The Morgan fingerprint density at radius 2 is 2.18 bits per heavy atom. The molecule has 5 nitrogen and oxygen atoms in total. The Balaban J connectivity index is 2.13. The van der Waals surface area contributed by atoms with E-state index in [1.54, 1.807) is 0 Å². The molecule has 0 spiro atoms. The molecule has 6 heteroatoms. The number of hydrogen-bond donors (Lipinski definition) is 3. The van der Waals surface area contributed by atoms with Crippen LogP contribution in [0.4, 0.5) is 5.82 Å². The van der Waals surface area contributed by atoms with Crippen molar-refractivity contribution in [1.82, 2.24) is 9.97 Å². The molecule has 2 unspecified atom stereocenters. The van der Waals surface area contributed by atoms with Crippen molar-refractivity contribution >= 4 is 21.7 Å². The Morgan fingerprint density at radius 3 is 3.00 bits per heavy atom. The molecule has 1 aromatic rings. The van der Waals surface area contributed by atoms with E-state index < -0.39 is 0 Å². The molecule has 1 aliphatic carbocycles. The largest absolute Gasteiger partial charge is 0.391 e. The Morgan fingerprint density at radius 1 is 1.41 bits per heavy atom. The first-order valence-corrected chi connectivity index (χ1v) is 6.65. The number of aliphatic hydroxyl groups is 1. The molecule has 3 N–H and O–H groups in total. The highest BCUT2D eigenvalue weighted by atomic mass is 79.9. The van der Waals surface area contributed by atoms with Crippen LogP contribution in [-0.4, -0.2) is 27.2 Å². The van der Waals surface area contributed by atoms with Crippen molar-refractivity contribution in [2.24, 2.45) is 0 Å². The molecule has 0 bridgehead atoms. The monoisotopic (exact) mass is 301 g/mol. The molecular formula is C11H16BrN3O2. The lowest BCUT2D eigenvalue weighted by molar-refractivity contribution is 0.144. The number of aliphatic hydroxyl groups excluding tert-OH is 1. The zero-order valence-electron chi connectivity index (χ0n) is 9.45. The summed E-state index contributed by atoms with van der Waals surface area (Å²) in [7, 11) is 0. The maximum absolute atomic E-state index is 11.4. The number of halogens is 1. The number of rotatable bonds is 2. The Kier molecular flexibility index (Phi) is 4.17. The summed E-state index contributed by atoms with van der Waals surface area (Å²) in [5.41, 5.74) is -0.217. The second kappa shape index (κ2) is 5.64. The number of nitrogens with zero attached hydrogens (tertiary/aromatic N) is 1. The number of aromatic amines is 1. The fourth-order valence-corrected chi connectivity index (χ4v) is 2.45. The van der Waals surface area contributed by atoms with E-state index in [2.05, 4.69) is 31.2 Å². The quantitative estimate of drug-likeness (QED) is 0.726. The van der Waals surface area contributed by atoms with Gasteiger partial charge in [-0.25, -0.2) is 4.98 Å². The number of hydrogen-bond acceptors (Lipinski definition) is 4. The van der Waals surface area contributed by atoms with Gasteiger partial charge in [-0.2, -0.15) is 0 Å². The van der Waals surface area contributed by atoms with E-state index in [4.69, 9.17) is 0 Å². The number of nitrogens with one attached hydrogen (secondary N) is 2. The van der Waals surface area contributed by atoms with Gasteiger partial charge in [0.2, 0.25) is 0 Å². The van der Waals surface area contributed by atoms with Gasteiger partial charge >= 0.3 is 0 Å². The Hall–Kier alpha value is -0.880. The fourth-order valence-electron chi connectivity index (χ4n) is 2.12. The molecular weight excluding hydrogens is 286 g/mol. The molecule has 1 fully saturated rings. The van der Waals surface area contributed by atoms with Crippen molar-refractivity contribution in [3.63, 3.8) is 0 Å². The highest BCUT2D eigenvalue weighted by Gasteiger charge is 2.22. The maximum atomic E-state index is 11.4. The highest BCUT2D eigenvalue weighted by Crippen LogP contribution is 2.23. The summed E-state index contributed by atoms with van der Waals surface area (Å²) < 4.78 is 0.386. The van der Waals surface area contributed by atoms with Crippen molar-refractivity contribution in [2.45, 2.75) is 44.2 Å². The molecule has 17 heavy (non-hydrogen) atoms. The predicted molar refractivity (Wildman–Crippen MR) is 69.1 cm³/mol. The first-order chi connectivity index (χ1) is 8.18. The summed E-state index contributed by atoms with van der Waals surface area (Å²) in [4.78, 5) is 17.9. The molecule has 94 valence electrons. The van der Waals surface area contributed by atoms with E-state index in [0.29, 0.717) is 10.3 Å². The zero-order valence-corrected chi connectivity index (χ0v) is 11.0. The third-order valence-electron chi connectivity index (χ3n) is 3.10. The van der Waals surface area contributed by atoms with Gasteiger partial charge in [0.25, 0.3) is 5.56 Å². The summed E-state index contributed by atoms with van der Waals surface area (Å²) in [6, 6.07) is -0.0249. The van der Waals surface area contributed by atoms with Crippen LogP contribution in [0.15, 0.2) is 15.6 Å². The zero-order chi connectivity index (χ0) is 12.3. The number of H-pyrrole nitrogens is 1. The molecule has 2 atom stereocenters. The second-order valence-electron chi connectivity index (χ2n) is 4.35. The van der Waals surface area contributed by atoms with Gasteiger partial charge in [-0.3, -0.25) is 4.79 Å². The topological polar surface area (TPSA) is 78.0 Å². The van der Waals surface area contributed by atoms with Gasteiger partial charge in [0.05, 0.1) is 18.5 Å². The van der Waals surface area contributed by atoms with Gasteiger partial charge < -0.3 is 15.4 Å². The Bertz CT molecular complexity index is 435. The minimum absolute atomic E-state index is 0.0249. The predicted octanol–water partition coefficient (Wildman–Crippen LogP) is 1.64. The number of aromatic nitrogens is 2. The van der Waals surface area contributed by atoms with E-state index in [0.717, 1.165) is 32.1 Å². The summed E-state index contributed by atoms with van der Waals surface area (Å²) in [6.07, 6.45) is 6.00. The smallest absolute Gasteiger partial charge is 0.267 e. The Labute approximate surface area is 108 Å². The molecule has 1 heterocycles. The van der Waals surface area contributed by atoms with Crippen molar-refractivity contribution in [3.05, 3.63) is 21.2 Å². The molecule has 0 amide bonds. The van der Waals surface area contributed by atoms with Gasteiger partial charge in [-0.1, -0.05) is 19.3 Å². The van der Waals surface area contributed by atoms with Crippen LogP contribution in [0, 0.1) is 0 Å². The van der Waals surface area contributed by atoms with Gasteiger partial charge in [-0.05, 0) is 28.8 Å². The van der Waals surface area contributed by atoms with Gasteiger partial charge in [0.1, 0.15) is 10.3 Å². The minimum Gasteiger partial charge on any atom is -0.391 e. The molecule has 0 saturated heterocycles. The molecule has 1 aromatic heterocycles. The third kappa shape index (κ3) is 3.07. The van der Waals surface area contributed by atoms with Crippen molar-refractivity contribution < 1.29 is 5.11 Å². The summed E-state index contributed by atoms with van der Waals surface area (Å²) in [5, 5.41) is 13.1. The average molecular weight is 302 g/mol. The lowest BCUT2D eigenvalue weighted by Gasteiger charge is -2.22. The molecule has 1 saturated carbocycles. The van der Waals surface area contributed by atoms with Crippen LogP contribution in [-0.2, 0) is 0 Å². The molecule has 1 aliphatic rings. The van der Waals surface area contributed by atoms with E-state index in [-0.39, 0.29) is 17.7 Å². The van der Waals surface area contributed by atoms with Crippen LogP contribution >= 0.6 is 15.9 Å². The van der Waals surface area contributed by atoms with E-state index >= 15 is 0 Å². The standard InChI is InChI=1S/C11H16BrN3O2/c12-9-10(13-6-14-11(9)17)15-7-4-2-1-3-5-8(7)16/h6-8,16H,1-5H2,(H2,13,14,15,17). The lowest BCUT2D eigenvalue weighted by atomic mass is 10.1. The number of anilines is 1. The minimum atomic E-state index is -0.370. The summed E-state index contributed by atoms with van der Waals surface area (Å²) >= 11 is 3.20. The SMILES string of the molecule is O=c1[nH]cnc(NC2CCCCCC2O)c1Br. The van der Waals surface area contributed by atoms with Crippen LogP contribution in [0.5, 0.6) is 0 Å². The first kappa shape index (κ1) is 12.6. The molecule has 0 aromatic carbocycles. The van der Waals surface area contributed by atoms with Gasteiger partial charge in [0.15, 0.2) is 0 Å². The van der Waals surface area contributed by atoms with Crippen LogP contribution in [0.25, 0.3) is 0 Å². The van der Waals surface area contributed by atoms with Crippen molar-refractivity contribution in [1.29, 1.82) is 0 Å². The third-order valence-corrected chi connectivity index (χ3v) is 3.83. The molecule has 0 radical (unpaired) electrons. The lowest BCUT2D eigenvalue weighted by Crippen LogP contribution is -2.33. The summed E-state index contributed by atoms with van der Waals surface area (Å²) in [6.45, 7) is 0. The normalized spacial score (nSPS) is 25.3. The highest BCUT2D eigenvalue weighted by molar-refractivity contribution is 9.10. The molecule has 2 rings (SSSR count). The van der Waals surface area contributed by atoms with Crippen LogP contribution in [0.2, 0.25) is 0 Å². The maximum Gasteiger partial charge on any atom is 0.267 e. The second-order valence-corrected chi connectivity index (χ2v) is 5.14. The fraction of sp³-hybridized carbons (Fsp3) is 0.636. The van der Waals surface area contributed by atoms with Gasteiger partial charge in [0, 0.05) is 0 Å². The van der Waals surface area contributed by atoms with E-state index in [1.165, 1.54) is 6.33 Å². The van der Waals surface area contributed by atoms with Crippen molar-refractivity contribution in [3.8, 4) is 0 Å². The summed E-state index contributed by atoms with van der Waals surface area (Å²) in [5.74, 6) is 0.500.